The van der Waals surface area contributed by atoms with Crippen LogP contribution < -0.4 is 0 Å². The van der Waals surface area contributed by atoms with Crippen molar-refractivity contribution in [3.05, 3.63) is 65.0 Å². The molecule has 0 atom stereocenters. The molecule has 4 heteroatoms. The monoisotopic (exact) mass is 297 g/mol. The number of aliphatic hydroxyl groups is 1. The Kier molecular flexibility index (Phi) is 3.77. The smallest absolute Gasteiger partial charge is 0.173 e. The van der Waals surface area contributed by atoms with Crippen LogP contribution in [0.1, 0.15) is 16.7 Å². The third-order valence-corrected chi connectivity index (χ3v) is 3.56. The molecule has 2 aromatic carbocycles. The summed E-state index contributed by atoms with van der Waals surface area (Å²) in [5.41, 5.74) is 4.16. The van der Waals surface area contributed by atoms with E-state index >= 15 is 0 Å². The Balaban J connectivity index is 2.18. The summed E-state index contributed by atoms with van der Waals surface area (Å²) in [7, 11) is 0. The van der Waals surface area contributed by atoms with E-state index in [1.165, 1.54) is 6.07 Å². The number of benzene rings is 2. The van der Waals surface area contributed by atoms with Gasteiger partial charge < -0.3 is 9.63 Å². The van der Waals surface area contributed by atoms with Gasteiger partial charge in [0, 0.05) is 11.1 Å². The van der Waals surface area contributed by atoms with Crippen LogP contribution in [0.2, 0.25) is 0 Å². The molecule has 1 heterocycles. The summed E-state index contributed by atoms with van der Waals surface area (Å²) in [6.45, 7) is 3.71. The molecule has 1 aromatic heterocycles. The Morgan fingerprint density at radius 1 is 1.09 bits per heavy atom. The van der Waals surface area contributed by atoms with Crippen LogP contribution >= 0.6 is 0 Å². The molecule has 0 radical (unpaired) electrons. The zero-order chi connectivity index (χ0) is 15.7. The predicted octanol–water partition coefficient (Wildman–Crippen LogP) is 4.26. The highest BCUT2D eigenvalue weighted by Crippen LogP contribution is 2.34. The van der Waals surface area contributed by atoms with Crippen molar-refractivity contribution in [3.8, 4) is 22.6 Å². The third-order valence-electron chi connectivity index (χ3n) is 3.56. The molecule has 22 heavy (non-hydrogen) atoms. The molecular weight excluding hydrogens is 281 g/mol. The molecule has 0 aliphatic carbocycles. The summed E-state index contributed by atoms with van der Waals surface area (Å²) in [6, 6.07) is 12.3. The van der Waals surface area contributed by atoms with E-state index in [9.17, 15) is 9.50 Å². The molecule has 0 aliphatic heterocycles. The molecular formula is C18H16FNO2. The van der Waals surface area contributed by atoms with E-state index in [4.69, 9.17) is 4.52 Å². The number of halogens is 1. The molecule has 112 valence electrons. The maximum atomic E-state index is 14.0. The second-order valence-corrected chi connectivity index (χ2v) is 5.35. The van der Waals surface area contributed by atoms with E-state index in [1.54, 1.807) is 18.2 Å². The fraction of sp³-hybridized carbons (Fsp3) is 0.167. The summed E-state index contributed by atoms with van der Waals surface area (Å²) in [6.07, 6.45) is 0. The molecule has 0 amide bonds. The first-order valence-electron chi connectivity index (χ1n) is 7.03. The Hall–Kier alpha value is -2.46. The lowest BCUT2D eigenvalue weighted by atomic mass is 10.00. The molecule has 0 unspecified atom stereocenters. The molecule has 1 N–H and O–H groups in total. The molecule has 0 spiro atoms. The maximum Gasteiger partial charge on any atom is 0.173 e. The van der Waals surface area contributed by atoms with Crippen molar-refractivity contribution in [2.45, 2.75) is 20.5 Å². The second kappa shape index (κ2) is 5.73. The molecule has 0 aliphatic rings. The topological polar surface area (TPSA) is 46.3 Å². The number of rotatable bonds is 3. The zero-order valence-corrected chi connectivity index (χ0v) is 12.4. The van der Waals surface area contributed by atoms with Crippen LogP contribution in [-0.2, 0) is 6.61 Å². The average Bonchev–Trinajstić information content (AvgIpc) is 2.90. The fourth-order valence-electron chi connectivity index (χ4n) is 2.65. The lowest BCUT2D eigenvalue weighted by Crippen LogP contribution is -1.92. The summed E-state index contributed by atoms with van der Waals surface area (Å²) in [5, 5.41) is 13.7. The molecule has 3 aromatic rings. The van der Waals surface area contributed by atoms with Crippen LogP contribution in [0, 0.1) is 19.7 Å². The van der Waals surface area contributed by atoms with Gasteiger partial charge in [-0.1, -0.05) is 34.5 Å². The van der Waals surface area contributed by atoms with E-state index in [2.05, 4.69) is 11.2 Å². The van der Waals surface area contributed by atoms with Gasteiger partial charge in [0.25, 0.3) is 0 Å². The largest absolute Gasteiger partial charge is 0.391 e. The van der Waals surface area contributed by atoms with Gasteiger partial charge in [-0.2, -0.15) is 0 Å². The lowest BCUT2D eigenvalue weighted by Gasteiger charge is -2.04. The maximum absolute atomic E-state index is 14.0. The standard InChI is InChI=1S/C18H16FNO2/c1-11-7-12(2)9-13(8-11)18-15(10-21)17(20-22-18)14-5-3-4-6-16(14)19/h3-9,21H,10H2,1-2H3. The van der Waals surface area contributed by atoms with Crippen molar-refractivity contribution in [3.63, 3.8) is 0 Å². The van der Waals surface area contributed by atoms with Crippen LogP contribution in [0.4, 0.5) is 4.39 Å². The van der Waals surface area contributed by atoms with Gasteiger partial charge in [-0.05, 0) is 38.1 Å². The molecule has 0 saturated heterocycles. The Morgan fingerprint density at radius 3 is 2.41 bits per heavy atom. The molecule has 0 saturated carbocycles. The van der Waals surface area contributed by atoms with Gasteiger partial charge in [-0.3, -0.25) is 0 Å². The highest BCUT2D eigenvalue weighted by Gasteiger charge is 2.20. The normalized spacial score (nSPS) is 10.9. The second-order valence-electron chi connectivity index (χ2n) is 5.35. The summed E-state index contributed by atoms with van der Waals surface area (Å²) in [5.74, 6) is 0.0880. The average molecular weight is 297 g/mol. The first-order valence-corrected chi connectivity index (χ1v) is 7.03. The first-order chi connectivity index (χ1) is 10.6. The minimum Gasteiger partial charge on any atom is -0.391 e. The quantitative estimate of drug-likeness (QED) is 0.786. The van der Waals surface area contributed by atoms with Crippen LogP contribution in [-0.4, -0.2) is 10.3 Å². The SMILES string of the molecule is Cc1cc(C)cc(-c2onc(-c3ccccc3F)c2CO)c1. The highest BCUT2D eigenvalue weighted by atomic mass is 19.1. The minimum atomic E-state index is -0.391. The highest BCUT2D eigenvalue weighted by molar-refractivity contribution is 5.73. The molecule has 0 bridgehead atoms. The van der Waals surface area contributed by atoms with Crippen LogP contribution in [0.5, 0.6) is 0 Å². The number of nitrogens with zero attached hydrogens (tertiary/aromatic N) is 1. The van der Waals surface area contributed by atoms with Crippen LogP contribution in [0.25, 0.3) is 22.6 Å². The van der Waals surface area contributed by atoms with E-state index < -0.39 is 5.82 Å². The van der Waals surface area contributed by atoms with Gasteiger partial charge in [0.1, 0.15) is 11.5 Å². The van der Waals surface area contributed by atoms with Crippen molar-refractivity contribution >= 4 is 0 Å². The van der Waals surface area contributed by atoms with E-state index in [-0.39, 0.29) is 6.61 Å². The number of aliphatic hydroxyl groups excluding tert-OH is 1. The van der Waals surface area contributed by atoms with Gasteiger partial charge in [0.15, 0.2) is 5.76 Å². The Labute approximate surface area is 128 Å². The van der Waals surface area contributed by atoms with E-state index in [0.717, 1.165) is 16.7 Å². The Bertz CT molecular complexity index is 803. The number of hydrogen-bond donors (Lipinski definition) is 1. The summed E-state index contributed by atoms with van der Waals surface area (Å²) in [4.78, 5) is 0. The van der Waals surface area contributed by atoms with Crippen molar-refractivity contribution in [2.24, 2.45) is 0 Å². The number of hydrogen-bond acceptors (Lipinski definition) is 3. The molecule has 3 rings (SSSR count). The van der Waals surface area contributed by atoms with Crippen molar-refractivity contribution in [1.82, 2.24) is 5.16 Å². The number of aromatic nitrogens is 1. The van der Waals surface area contributed by atoms with E-state index in [0.29, 0.717) is 22.6 Å². The fourth-order valence-corrected chi connectivity index (χ4v) is 2.65. The first kappa shape index (κ1) is 14.5. The Morgan fingerprint density at radius 2 is 1.77 bits per heavy atom. The molecule has 3 nitrogen and oxygen atoms in total. The van der Waals surface area contributed by atoms with Crippen molar-refractivity contribution < 1.29 is 14.0 Å². The van der Waals surface area contributed by atoms with Crippen molar-refractivity contribution in [2.75, 3.05) is 0 Å². The van der Waals surface area contributed by atoms with Gasteiger partial charge in [-0.15, -0.1) is 0 Å². The summed E-state index contributed by atoms with van der Waals surface area (Å²) < 4.78 is 19.4. The zero-order valence-electron chi connectivity index (χ0n) is 12.4. The van der Waals surface area contributed by atoms with Gasteiger partial charge in [0.2, 0.25) is 0 Å². The predicted molar refractivity (Wildman–Crippen MR) is 82.7 cm³/mol. The molecule has 0 fully saturated rings. The minimum absolute atomic E-state index is 0.268. The van der Waals surface area contributed by atoms with Gasteiger partial charge in [0.05, 0.1) is 12.2 Å². The summed E-state index contributed by atoms with van der Waals surface area (Å²) >= 11 is 0. The lowest BCUT2D eigenvalue weighted by molar-refractivity contribution is 0.281. The third kappa shape index (κ3) is 2.53. The van der Waals surface area contributed by atoms with Gasteiger partial charge in [-0.25, -0.2) is 4.39 Å². The van der Waals surface area contributed by atoms with Crippen LogP contribution in [0.3, 0.4) is 0 Å². The van der Waals surface area contributed by atoms with Gasteiger partial charge >= 0.3 is 0 Å². The number of aryl methyl sites for hydroxylation is 2. The van der Waals surface area contributed by atoms with Crippen LogP contribution in [0.15, 0.2) is 47.0 Å². The van der Waals surface area contributed by atoms with E-state index in [1.807, 2.05) is 26.0 Å². The van der Waals surface area contributed by atoms with Crippen molar-refractivity contribution in [1.29, 1.82) is 0 Å².